The molecule has 0 fully saturated rings. The number of carbonyl (C=O) groups excluding carboxylic acids is 1. The van der Waals surface area contributed by atoms with Crippen LogP contribution in [0.15, 0.2) is 0 Å². The molecule has 0 radical (unpaired) electrons. The van der Waals surface area contributed by atoms with Gasteiger partial charge < -0.3 is 9.88 Å². The number of hydrogen-bond donors (Lipinski definition) is 1. The van der Waals surface area contributed by atoms with E-state index in [1.165, 1.54) is 24.2 Å². The largest absolute Gasteiger partial charge is 0.352 e. The first-order chi connectivity index (χ1) is 9.11. The first-order valence-electron chi connectivity index (χ1n) is 7.46. The molecule has 1 aliphatic rings. The number of nitrogens with one attached hydrogen (secondary N) is 1. The fraction of sp³-hybridized carbons (Fsp3) is 0.733. The second kappa shape index (κ2) is 6.22. The summed E-state index contributed by atoms with van der Waals surface area (Å²) in [6.45, 7) is 6.62. The van der Waals surface area contributed by atoms with Gasteiger partial charge in [-0.1, -0.05) is 13.3 Å². The molecule has 1 heterocycles. The van der Waals surface area contributed by atoms with Gasteiger partial charge in [-0.2, -0.15) is 0 Å². The van der Waals surface area contributed by atoms with Crippen LogP contribution in [0.25, 0.3) is 0 Å². The predicted molar refractivity (Wildman–Crippen MR) is 76.1 cm³/mol. The second-order valence-corrected chi connectivity index (χ2v) is 5.60. The van der Waals surface area contributed by atoms with Gasteiger partial charge in [0.2, 0.25) is 5.91 Å². The van der Waals surface area contributed by atoms with Gasteiger partial charge in [0.1, 0.15) is 12.4 Å². The highest BCUT2D eigenvalue weighted by molar-refractivity contribution is 5.76. The smallest absolute Gasteiger partial charge is 0.240 e. The van der Waals surface area contributed by atoms with Gasteiger partial charge in [-0.3, -0.25) is 4.79 Å². The molecule has 0 saturated carbocycles. The topological polar surface area (TPSA) is 46.9 Å². The minimum absolute atomic E-state index is 0.106. The summed E-state index contributed by atoms with van der Waals surface area (Å²) in [5.41, 5.74) is 2.49. The highest BCUT2D eigenvalue weighted by Crippen LogP contribution is 2.21. The SMILES string of the molecule is CCCC(C)NC(=O)Cn1c(C)nc2c1CCCC2. The van der Waals surface area contributed by atoms with Gasteiger partial charge in [-0.05, 0) is 46.0 Å². The molecule has 0 spiro atoms. The Kier molecular flexibility index (Phi) is 4.61. The molecule has 0 saturated heterocycles. The number of fused-ring (bicyclic) bond motifs is 1. The summed E-state index contributed by atoms with van der Waals surface area (Å²) >= 11 is 0. The third kappa shape index (κ3) is 3.37. The summed E-state index contributed by atoms with van der Waals surface area (Å²) in [4.78, 5) is 16.7. The molecule has 0 aromatic carbocycles. The van der Waals surface area contributed by atoms with Crippen molar-refractivity contribution in [2.75, 3.05) is 0 Å². The van der Waals surface area contributed by atoms with Crippen LogP contribution in [0.1, 0.15) is 56.7 Å². The molecular formula is C15H25N3O. The van der Waals surface area contributed by atoms with E-state index < -0.39 is 0 Å². The van der Waals surface area contributed by atoms with Crippen LogP contribution in [0.3, 0.4) is 0 Å². The van der Waals surface area contributed by atoms with E-state index in [2.05, 4.69) is 28.7 Å². The Labute approximate surface area is 115 Å². The van der Waals surface area contributed by atoms with Crippen molar-refractivity contribution in [1.29, 1.82) is 0 Å². The zero-order chi connectivity index (χ0) is 13.8. The average Bonchev–Trinajstić information content (AvgIpc) is 2.66. The van der Waals surface area contributed by atoms with Crippen LogP contribution in [0.5, 0.6) is 0 Å². The molecule has 2 rings (SSSR count). The Morgan fingerprint density at radius 2 is 2.16 bits per heavy atom. The molecule has 4 nitrogen and oxygen atoms in total. The molecule has 1 aromatic heterocycles. The number of nitrogens with zero attached hydrogens (tertiary/aromatic N) is 2. The molecule has 0 aliphatic heterocycles. The molecule has 4 heteroatoms. The van der Waals surface area contributed by atoms with Crippen molar-refractivity contribution in [3.63, 3.8) is 0 Å². The van der Waals surface area contributed by atoms with Crippen molar-refractivity contribution in [3.05, 3.63) is 17.2 Å². The van der Waals surface area contributed by atoms with E-state index in [9.17, 15) is 4.79 Å². The third-order valence-corrected chi connectivity index (χ3v) is 3.85. The molecule has 1 amide bonds. The maximum Gasteiger partial charge on any atom is 0.240 e. The fourth-order valence-corrected chi connectivity index (χ4v) is 2.91. The molecule has 19 heavy (non-hydrogen) atoms. The first kappa shape index (κ1) is 14.1. The predicted octanol–water partition coefficient (Wildman–Crippen LogP) is 2.38. The van der Waals surface area contributed by atoms with Crippen molar-refractivity contribution in [2.24, 2.45) is 0 Å². The standard InChI is InChI=1S/C15H25N3O/c1-4-7-11(2)16-15(19)10-18-12(3)17-13-8-5-6-9-14(13)18/h11H,4-10H2,1-3H3,(H,16,19). The quantitative estimate of drug-likeness (QED) is 0.886. The number of rotatable bonds is 5. The van der Waals surface area contributed by atoms with E-state index in [0.717, 1.165) is 31.5 Å². The van der Waals surface area contributed by atoms with Gasteiger partial charge in [0.15, 0.2) is 0 Å². The van der Waals surface area contributed by atoms with Crippen LogP contribution in [0.4, 0.5) is 0 Å². The van der Waals surface area contributed by atoms with Crippen LogP contribution in [-0.2, 0) is 24.2 Å². The maximum absolute atomic E-state index is 12.1. The molecule has 1 N–H and O–H groups in total. The molecule has 1 unspecified atom stereocenters. The van der Waals surface area contributed by atoms with Crippen molar-refractivity contribution < 1.29 is 4.79 Å². The lowest BCUT2D eigenvalue weighted by Crippen LogP contribution is -2.35. The zero-order valence-electron chi connectivity index (χ0n) is 12.3. The minimum Gasteiger partial charge on any atom is -0.352 e. The lowest BCUT2D eigenvalue weighted by molar-refractivity contribution is -0.122. The van der Waals surface area contributed by atoms with Gasteiger partial charge in [-0.25, -0.2) is 4.98 Å². The van der Waals surface area contributed by atoms with Gasteiger partial charge >= 0.3 is 0 Å². The van der Waals surface area contributed by atoms with Crippen molar-refractivity contribution in [3.8, 4) is 0 Å². The van der Waals surface area contributed by atoms with Crippen LogP contribution in [-0.4, -0.2) is 21.5 Å². The molecular weight excluding hydrogens is 238 g/mol. The van der Waals surface area contributed by atoms with E-state index in [4.69, 9.17) is 0 Å². The van der Waals surface area contributed by atoms with Crippen LogP contribution in [0.2, 0.25) is 0 Å². The normalized spacial score (nSPS) is 15.9. The zero-order valence-corrected chi connectivity index (χ0v) is 12.3. The van der Waals surface area contributed by atoms with Gasteiger partial charge in [0, 0.05) is 11.7 Å². The Bertz CT molecular complexity index is 450. The van der Waals surface area contributed by atoms with E-state index in [1.807, 2.05) is 6.92 Å². The first-order valence-corrected chi connectivity index (χ1v) is 7.46. The van der Waals surface area contributed by atoms with Crippen molar-refractivity contribution in [2.45, 2.75) is 71.9 Å². The minimum atomic E-state index is 0.106. The van der Waals surface area contributed by atoms with E-state index in [1.54, 1.807) is 0 Å². The number of amides is 1. The Morgan fingerprint density at radius 1 is 1.42 bits per heavy atom. The molecule has 1 aromatic rings. The summed E-state index contributed by atoms with van der Waals surface area (Å²) in [7, 11) is 0. The summed E-state index contributed by atoms with van der Waals surface area (Å²) in [5.74, 6) is 1.08. The van der Waals surface area contributed by atoms with E-state index >= 15 is 0 Å². The number of carbonyl (C=O) groups is 1. The number of aromatic nitrogens is 2. The van der Waals surface area contributed by atoms with Crippen molar-refractivity contribution in [1.82, 2.24) is 14.9 Å². The highest BCUT2D eigenvalue weighted by Gasteiger charge is 2.19. The van der Waals surface area contributed by atoms with Gasteiger partial charge in [-0.15, -0.1) is 0 Å². The lowest BCUT2D eigenvalue weighted by atomic mass is 10.0. The second-order valence-electron chi connectivity index (χ2n) is 5.60. The van der Waals surface area contributed by atoms with Gasteiger partial charge in [0.05, 0.1) is 5.69 Å². The molecule has 0 bridgehead atoms. The van der Waals surface area contributed by atoms with Crippen molar-refractivity contribution >= 4 is 5.91 Å². The summed E-state index contributed by atoms with van der Waals surface area (Å²) in [6.07, 6.45) is 6.70. The number of aryl methyl sites for hydroxylation is 2. The molecule has 1 atom stereocenters. The molecule has 1 aliphatic carbocycles. The third-order valence-electron chi connectivity index (χ3n) is 3.85. The monoisotopic (exact) mass is 263 g/mol. The van der Waals surface area contributed by atoms with Crippen LogP contribution >= 0.6 is 0 Å². The van der Waals surface area contributed by atoms with Crippen LogP contribution in [0, 0.1) is 6.92 Å². The Hall–Kier alpha value is -1.32. The Morgan fingerprint density at radius 3 is 2.89 bits per heavy atom. The highest BCUT2D eigenvalue weighted by atomic mass is 16.2. The van der Waals surface area contributed by atoms with Crippen LogP contribution < -0.4 is 5.32 Å². The maximum atomic E-state index is 12.1. The summed E-state index contributed by atoms with van der Waals surface area (Å²) < 4.78 is 2.10. The van der Waals surface area contributed by atoms with E-state index in [-0.39, 0.29) is 11.9 Å². The van der Waals surface area contributed by atoms with E-state index in [0.29, 0.717) is 6.54 Å². The summed E-state index contributed by atoms with van der Waals surface area (Å²) in [5, 5.41) is 3.07. The number of imidazole rings is 1. The lowest BCUT2D eigenvalue weighted by Gasteiger charge is -2.17. The fourth-order valence-electron chi connectivity index (χ4n) is 2.91. The summed E-state index contributed by atoms with van der Waals surface area (Å²) in [6, 6.07) is 0.261. The Balaban J connectivity index is 2.02. The average molecular weight is 263 g/mol. The number of hydrogen-bond acceptors (Lipinski definition) is 2. The van der Waals surface area contributed by atoms with Gasteiger partial charge in [0.25, 0.3) is 0 Å². The molecule has 106 valence electrons.